The molecule has 1 saturated carbocycles. The molecule has 0 saturated heterocycles. The second kappa shape index (κ2) is 7.76. The summed E-state index contributed by atoms with van der Waals surface area (Å²) in [6.07, 6.45) is 3.20. The first-order chi connectivity index (χ1) is 14.7. The van der Waals surface area contributed by atoms with Crippen LogP contribution in [0.3, 0.4) is 0 Å². The van der Waals surface area contributed by atoms with Gasteiger partial charge in [-0.3, -0.25) is 14.2 Å². The van der Waals surface area contributed by atoms with E-state index in [0.717, 1.165) is 54.2 Å². The van der Waals surface area contributed by atoms with Gasteiger partial charge in [0.05, 0.1) is 11.4 Å². The molecule has 0 amide bonds. The third-order valence-electron chi connectivity index (χ3n) is 6.13. The highest BCUT2D eigenvalue weighted by Gasteiger charge is 2.33. The van der Waals surface area contributed by atoms with Gasteiger partial charge in [-0.25, -0.2) is 13.2 Å². The average Bonchev–Trinajstić information content (AvgIpc) is 2.94. The second-order valence-corrected chi connectivity index (χ2v) is 8.01. The molecule has 0 aliphatic heterocycles. The number of nitrogens with zero attached hydrogens (tertiary/aromatic N) is 1. The molecular weight excluding hydrogens is 411 g/mol. The number of rotatable bonds is 5. The third kappa shape index (κ3) is 3.56. The third-order valence-corrected chi connectivity index (χ3v) is 6.13. The van der Waals surface area contributed by atoms with E-state index in [1.807, 2.05) is 0 Å². The van der Waals surface area contributed by atoms with Crippen LogP contribution in [0.25, 0.3) is 10.9 Å². The van der Waals surface area contributed by atoms with E-state index < -0.39 is 41.0 Å². The van der Waals surface area contributed by atoms with Gasteiger partial charge in [0.15, 0.2) is 23.2 Å². The Kier molecular flexibility index (Phi) is 5.24. The van der Waals surface area contributed by atoms with Crippen molar-refractivity contribution in [3.8, 4) is 5.75 Å². The molecule has 31 heavy (non-hydrogen) atoms. The van der Waals surface area contributed by atoms with Crippen molar-refractivity contribution in [1.82, 2.24) is 4.57 Å². The van der Waals surface area contributed by atoms with Crippen molar-refractivity contribution in [3.05, 3.63) is 64.6 Å². The van der Waals surface area contributed by atoms with Gasteiger partial charge >= 0.3 is 5.97 Å². The number of phenolic OH excluding ortho intramolecular Hbond substituents is 1. The van der Waals surface area contributed by atoms with Crippen LogP contribution in [0.5, 0.6) is 5.75 Å². The lowest BCUT2D eigenvalue weighted by atomic mass is 9.77. The molecule has 2 aromatic carbocycles. The maximum absolute atomic E-state index is 14.2. The number of carbonyl (C=O) groups excluding carboxylic acids is 1. The van der Waals surface area contributed by atoms with Crippen molar-refractivity contribution < 1.29 is 33.0 Å². The Balaban J connectivity index is 1.94. The van der Waals surface area contributed by atoms with Gasteiger partial charge in [-0.1, -0.05) is 19.3 Å². The second-order valence-electron chi connectivity index (χ2n) is 8.01. The molecule has 162 valence electrons. The highest BCUT2D eigenvalue weighted by molar-refractivity contribution is 6.05. The van der Waals surface area contributed by atoms with E-state index >= 15 is 0 Å². The van der Waals surface area contributed by atoms with Crippen molar-refractivity contribution in [2.24, 2.45) is 5.92 Å². The molecule has 1 aromatic heterocycles. The number of carboxylic acid groups (broad SMARTS) is 1. The molecule has 3 aromatic rings. The number of benzene rings is 2. The van der Waals surface area contributed by atoms with E-state index in [0.29, 0.717) is 12.0 Å². The number of carboxylic acids is 1. The van der Waals surface area contributed by atoms with Crippen LogP contribution in [0.4, 0.5) is 13.2 Å². The van der Waals surface area contributed by atoms with Gasteiger partial charge in [0.1, 0.15) is 0 Å². The molecule has 0 bridgehead atoms. The number of halogens is 3. The van der Waals surface area contributed by atoms with Gasteiger partial charge in [0.2, 0.25) is 0 Å². The molecular formula is C23H20F3NO4. The molecule has 1 fully saturated rings. The van der Waals surface area contributed by atoms with E-state index in [9.17, 15) is 33.0 Å². The minimum atomic E-state index is -1.21. The summed E-state index contributed by atoms with van der Waals surface area (Å²) in [4.78, 5) is 25.3. The first kappa shape index (κ1) is 21.0. The number of aliphatic carboxylic acids is 1. The van der Waals surface area contributed by atoms with Gasteiger partial charge in [0, 0.05) is 22.7 Å². The molecule has 0 radical (unpaired) electrons. The predicted molar refractivity (Wildman–Crippen MR) is 107 cm³/mol. The monoisotopic (exact) mass is 431 g/mol. The molecule has 5 nitrogen and oxygen atoms in total. The van der Waals surface area contributed by atoms with Crippen molar-refractivity contribution in [2.75, 3.05) is 0 Å². The zero-order valence-electron chi connectivity index (χ0n) is 16.7. The Hall–Kier alpha value is -3.29. The summed E-state index contributed by atoms with van der Waals surface area (Å²) >= 11 is 0. The molecule has 0 spiro atoms. The highest BCUT2D eigenvalue weighted by Crippen LogP contribution is 2.41. The summed E-state index contributed by atoms with van der Waals surface area (Å²) in [5.74, 6) is -6.55. The van der Waals surface area contributed by atoms with E-state index in [-0.39, 0.29) is 28.1 Å². The molecule has 8 heteroatoms. The summed E-state index contributed by atoms with van der Waals surface area (Å²) in [5, 5.41) is 20.1. The topological polar surface area (TPSA) is 79.5 Å². The standard InChI is InChI=1S/C23H20F3NO4/c1-11-21(15(23(30)31)7-12-3-2-4-12)14-9-20(28)18(26)10-19(14)27(11)22(29)13-5-6-16(24)17(25)8-13/h5-6,8-10,12,15,28H,2-4,7H2,1H3,(H,30,31). The smallest absolute Gasteiger partial charge is 0.311 e. The molecule has 1 heterocycles. The lowest BCUT2D eigenvalue weighted by Crippen LogP contribution is -2.21. The van der Waals surface area contributed by atoms with E-state index in [2.05, 4.69) is 0 Å². The molecule has 1 atom stereocenters. The van der Waals surface area contributed by atoms with Crippen molar-refractivity contribution in [2.45, 2.75) is 38.5 Å². The number of fused-ring (bicyclic) bond motifs is 1. The summed E-state index contributed by atoms with van der Waals surface area (Å²) < 4.78 is 42.3. The van der Waals surface area contributed by atoms with Crippen molar-refractivity contribution >= 4 is 22.8 Å². The number of hydrogen-bond donors (Lipinski definition) is 2. The summed E-state index contributed by atoms with van der Waals surface area (Å²) in [5.41, 5.74) is 0.435. The SMILES string of the molecule is Cc1c(C(CC2CCC2)C(=O)O)c2cc(O)c(F)cc2n1C(=O)c1ccc(F)c(F)c1. The minimum absolute atomic E-state index is 0.0531. The van der Waals surface area contributed by atoms with Crippen LogP contribution in [-0.4, -0.2) is 26.7 Å². The predicted octanol–water partition coefficient (Wildman–Crippen LogP) is 5.12. The van der Waals surface area contributed by atoms with Gasteiger partial charge in [-0.05, 0) is 49.1 Å². The fourth-order valence-corrected chi connectivity index (χ4v) is 4.31. The fourth-order valence-electron chi connectivity index (χ4n) is 4.31. The molecule has 1 aliphatic carbocycles. The van der Waals surface area contributed by atoms with Gasteiger partial charge in [0.25, 0.3) is 5.91 Å². The lowest BCUT2D eigenvalue weighted by Gasteiger charge is -2.28. The first-order valence-electron chi connectivity index (χ1n) is 9.95. The Morgan fingerprint density at radius 1 is 1.10 bits per heavy atom. The molecule has 1 unspecified atom stereocenters. The number of aromatic hydroxyl groups is 1. The van der Waals surface area contributed by atoms with Crippen LogP contribution in [0, 0.1) is 30.3 Å². The maximum atomic E-state index is 14.2. The molecule has 4 rings (SSSR count). The summed E-state index contributed by atoms with van der Waals surface area (Å²) in [7, 11) is 0. The van der Waals surface area contributed by atoms with Crippen LogP contribution in [-0.2, 0) is 4.79 Å². The summed E-state index contributed by atoms with van der Waals surface area (Å²) in [6, 6.07) is 4.71. The Morgan fingerprint density at radius 2 is 1.81 bits per heavy atom. The van der Waals surface area contributed by atoms with Crippen LogP contribution < -0.4 is 0 Å². The largest absolute Gasteiger partial charge is 0.505 e. The zero-order valence-corrected chi connectivity index (χ0v) is 16.7. The van der Waals surface area contributed by atoms with Crippen LogP contribution in [0.1, 0.15) is 53.2 Å². The van der Waals surface area contributed by atoms with Crippen molar-refractivity contribution in [1.29, 1.82) is 0 Å². The van der Waals surface area contributed by atoms with E-state index in [1.165, 1.54) is 6.92 Å². The zero-order chi connectivity index (χ0) is 22.4. The quantitative estimate of drug-likeness (QED) is 0.588. The number of hydrogen-bond acceptors (Lipinski definition) is 3. The average molecular weight is 431 g/mol. The lowest BCUT2D eigenvalue weighted by molar-refractivity contribution is -0.139. The Morgan fingerprint density at radius 3 is 2.39 bits per heavy atom. The molecule has 1 aliphatic rings. The van der Waals surface area contributed by atoms with E-state index in [1.54, 1.807) is 0 Å². The first-order valence-corrected chi connectivity index (χ1v) is 9.95. The highest BCUT2D eigenvalue weighted by atomic mass is 19.2. The van der Waals surface area contributed by atoms with Crippen LogP contribution >= 0.6 is 0 Å². The Bertz CT molecular complexity index is 1210. The molecule has 2 N–H and O–H groups in total. The number of aromatic nitrogens is 1. The van der Waals surface area contributed by atoms with Gasteiger partial charge in [-0.2, -0.15) is 0 Å². The minimum Gasteiger partial charge on any atom is -0.505 e. The maximum Gasteiger partial charge on any atom is 0.311 e. The van der Waals surface area contributed by atoms with E-state index in [4.69, 9.17) is 0 Å². The Labute approximate surface area is 175 Å². The fraction of sp³-hybridized carbons (Fsp3) is 0.304. The summed E-state index contributed by atoms with van der Waals surface area (Å²) in [6.45, 7) is 1.53. The number of carbonyl (C=O) groups is 2. The number of phenols is 1. The van der Waals surface area contributed by atoms with Gasteiger partial charge in [-0.15, -0.1) is 0 Å². The van der Waals surface area contributed by atoms with Crippen LogP contribution in [0.2, 0.25) is 0 Å². The van der Waals surface area contributed by atoms with Gasteiger partial charge < -0.3 is 10.2 Å². The normalized spacial score (nSPS) is 15.1. The van der Waals surface area contributed by atoms with Crippen LogP contribution in [0.15, 0.2) is 30.3 Å². The van der Waals surface area contributed by atoms with Crippen molar-refractivity contribution in [3.63, 3.8) is 0 Å².